The zero-order valence-corrected chi connectivity index (χ0v) is 9.94. The molecule has 0 saturated carbocycles. The van der Waals surface area contributed by atoms with E-state index in [1.807, 2.05) is 0 Å². The first kappa shape index (κ1) is 13.7. The number of aliphatic hydroxyl groups is 2. The second-order valence-electron chi connectivity index (χ2n) is 3.90. The van der Waals surface area contributed by atoms with Gasteiger partial charge < -0.3 is 15.5 Å². The summed E-state index contributed by atoms with van der Waals surface area (Å²) < 4.78 is 0. The first-order valence-corrected chi connectivity index (χ1v) is 5.25. The highest BCUT2D eigenvalue weighted by Crippen LogP contribution is 2.32. The Labute approximate surface area is 103 Å². The highest BCUT2D eigenvalue weighted by molar-refractivity contribution is 6.33. The molecule has 0 saturated heterocycles. The summed E-state index contributed by atoms with van der Waals surface area (Å²) >= 11 is 5.83. The largest absolute Gasteiger partial charge is 0.393 e. The van der Waals surface area contributed by atoms with Gasteiger partial charge in [-0.25, -0.2) is 0 Å². The summed E-state index contributed by atoms with van der Waals surface area (Å²) in [6.45, 7) is 0.898. The molecule has 0 aliphatic heterocycles. The van der Waals surface area contributed by atoms with Gasteiger partial charge in [-0.3, -0.25) is 10.1 Å². The third-order valence-electron chi connectivity index (χ3n) is 2.17. The molecule has 0 heterocycles. The van der Waals surface area contributed by atoms with Crippen LogP contribution in [0.3, 0.4) is 0 Å². The van der Waals surface area contributed by atoms with Crippen molar-refractivity contribution < 1.29 is 15.1 Å². The van der Waals surface area contributed by atoms with E-state index in [0.29, 0.717) is 0 Å². The second kappa shape index (κ2) is 5.31. The van der Waals surface area contributed by atoms with Crippen LogP contribution < -0.4 is 5.32 Å². The maximum atomic E-state index is 10.8. The fourth-order valence-corrected chi connectivity index (χ4v) is 1.41. The third kappa shape index (κ3) is 3.55. The van der Waals surface area contributed by atoms with E-state index in [1.165, 1.54) is 25.1 Å². The predicted octanol–water partition coefficient (Wildman–Crippen LogP) is 1.40. The van der Waals surface area contributed by atoms with Crippen molar-refractivity contribution in [3.05, 3.63) is 33.3 Å². The number of anilines is 1. The molecular formula is C10H13ClN2O4. The standard InChI is InChI=1S/C10H13ClN2O4/c1-10(15,6-14)5-12-9-7(11)3-2-4-8(9)13(16)17/h2-4,12,14-15H,5-6H2,1H3. The number of aliphatic hydroxyl groups excluding tert-OH is 1. The van der Waals surface area contributed by atoms with Gasteiger partial charge in [0.15, 0.2) is 0 Å². The van der Waals surface area contributed by atoms with E-state index >= 15 is 0 Å². The van der Waals surface area contributed by atoms with Crippen LogP contribution in [0, 0.1) is 10.1 Å². The molecule has 7 heteroatoms. The number of benzene rings is 1. The Hall–Kier alpha value is -1.37. The Kier molecular flexibility index (Phi) is 4.28. The minimum Gasteiger partial charge on any atom is -0.393 e. The van der Waals surface area contributed by atoms with E-state index in [1.54, 1.807) is 0 Å². The Balaban J connectivity index is 2.94. The number of nitro benzene ring substituents is 1. The molecule has 0 amide bonds. The van der Waals surface area contributed by atoms with E-state index in [9.17, 15) is 15.2 Å². The first-order valence-electron chi connectivity index (χ1n) is 4.87. The van der Waals surface area contributed by atoms with Crippen molar-refractivity contribution in [2.45, 2.75) is 12.5 Å². The van der Waals surface area contributed by atoms with Crippen molar-refractivity contribution in [3.8, 4) is 0 Å². The van der Waals surface area contributed by atoms with Gasteiger partial charge in [0, 0.05) is 12.6 Å². The maximum Gasteiger partial charge on any atom is 0.293 e. The number of rotatable bonds is 5. The Bertz CT molecular complexity index is 423. The van der Waals surface area contributed by atoms with E-state index in [4.69, 9.17) is 16.7 Å². The second-order valence-corrected chi connectivity index (χ2v) is 4.31. The molecule has 3 N–H and O–H groups in total. The van der Waals surface area contributed by atoms with Crippen LogP contribution in [0.5, 0.6) is 0 Å². The normalized spacial score (nSPS) is 14.1. The molecule has 94 valence electrons. The van der Waals surface area contributed by atoms with Crippen LogP contribution in [0.15, 0.2) is 18.2 Å². The van der Waals surface area contributed by atoms with Crippen LogP contribution in [-0.4, -0.2) is 33.9 Å². The number of halogens is 1. The lowest BCUT2D eigenvalue weighted by molar-refractivity contribution is -0.384. The van der Waals surface area contributed by atoms with Gasteiger partial charge in [0.25, 0.3) is 5.69 Å². The molecule has 17 heavy (non-hydrogen) atoms. The van der Waals surface area contributed by atoms with Crippen molar-refractivity contribution in [1.29, 1.82) is 0 Å². The molecule has 6 nitrogen and oxygen atoms in total. The van der Waals surface area contributed by atoms with Crippen molar-refractivity contribution in [2.75, 3.05) is 18.5 Å². The molecule has 0 radical (unpaired) electrons. The summed E-state index contributed by atoms with van der Waals surface area (Å²) in [7, 11) is 0. The molecule has 1 unspecified atom stereocenters. The molecule has 1 aromatic rings. The summed E-state index contributed by atoms with van der Waals surface area (Å²) in [4.78, 5) is 10.2. The Morgan fingerprint density at radius 1 is 1.59 bits per heavy atom. The number of hydrogen-bond acceptors (Lipinski definition) is 5. The molecule has 0 bridgehead atoms. The van der Waals surface area contributed by atoms with Crippen molar-refractivity contribution in [1.82, 2.24) is 0 Å². The van der Waals surface area contributed by atoms with Crippen LogP contribution >= 0.6 is 11.6 Å². The average Bonchev–Trinajstić information content (AvgIpc) is 2.27. The molecule has 0 aromatic heterocycles. The monoisotopic (exact) mass is 260 g/mol. The lowest BCUT2D eigenvalue weighted by atomic mass is 10.1. The van der Waals surface area contributed by atoms with Crippen molar-refractivity contribution >= 4 is 23.0 Å². The van der Waals surface area contributed by atoms with Gasteiger partial charge in [-0.05, 0) is 13.0 Å². The molecule has 0 fully saturated rings. The number of nitrogens with zero attached hydrogens (tertiary/aromatic N) is 1. The van der Waals surface area contributed by atoms with E-state index in [0.717, 1.165) is 0 Å². The number of hydrogen-bond donors (Lipinski definition) is 3. The van der Waals surface area contributed by atoms with Gasteiger partial charge in [0.05, 0.1) is 16.6 Å². The summed E-state index contributed by atoms with van der Waals surface area (Å²) in [5.74, 6) is 0. The fraction of sp³-hybridized carbons (Fsp3) is 0.400. The number of nitrogens with one attached hydrogen (secondary N) is 1. The topological polar surface area (TPSA) is 95.6 Å². The van der Waals surface area contributed by atoms with Crippen LogP contribution in [0.4, 0.5) is 11.4 Å². The summed E-state index contributed by atoms with van der Waals surface area (Å²) in [5.41, 5.74) is -1.41. The molecule has 1 atom stereocenters. The Morgan fingerprint density at radius 2 is 2.24 bits per heavy atom. The van der Waals surface area contributed by atoms with Crippen LogP contribution in [0.2, 0.25) is 5.02 Å². The minimum atomic E-state index is -1.37. The van der Waals surface area contributed by atoms with E-state index in [2.05, 4.69) is 5.32 Å². The summed E-state index contributed by atoms with van der Waals surface area (Å²) in [6, 6.07) is 4.28. The SMILES string of the molecule is CC(O)(CO)CNc1c(Cl)cccc1[N+](=O)[O-]. The lowest BCUT2D eigenvalue weighted by Crippen LogP contribution is -2.37. The zero-order chi connectivity index (χ0) is 13.1. The molecule has 0 aliphatic carbocycles. The van der Waals surface area contributed by atoms with Gasteiger partial charge in [-0.15, -0.1) is 0 Å². The van der Waals surface area contributed by atoms with Crippen LogP contribution in [0.1, 0.15) is 6.92 Å². The first-order chi connectivity index (χ1) is 7.87. The maximum absolute atomic E-state index is 10.8. The number of para-hydroxylation sites is 1. The van der Waals surface area contributed by atoms with Gasteiger partial charge in [-0.1, -0.05) is 17.7 Å². The average molecular weight is 261 g/mol. The smallest absolute Gasteiger partial charge is 0.293 e. The summed E-state index contributed by atoms with van der Waals surface area (Å²) in [6.07, 6.45) is 0. The third-order valence-corrected chi connectivity index (χ3v) is 2.49. The molecular weight excluding hydrogens is 248 g/mol. The van der Waals surface area contributed by atoms with Crippen LogP contribution in [0.25, 0.3) is 0 Å². The Morgan fingerprint density at radius 3 is 2.76 bits per heavy atom. The van der Waals surface area contributed by atoms with Gasteiger partial charge in [0.1, 0.15) is 11.3 Å². The van der Waals surface area contributed by atoms with Crippen molar-refractivity contribution in [3.63, 3.8) is 0 Å². The van der Waals surface area contributed by atoms with Crippen molar-refractivity contribution in [2.24, 2.45) is 0 Å². The molecule has 0 spiro atoms. The fourth-order valence-electron chi connectivity index (χ4n) is 1.17. The molecule has 1 rings (SSSR count). The van der Waals surface area contributed by atoms with Gasteiger partial charge in [0.2, 0.25) is 0 Å². The quantitative estimate of drug-likeness (QED) is 0.549. The van der Waals surface area contributed by atoms with E-state index < -0.39 is 17.1 Å². The van der Waals surface area contributed by atoms with Gasteiger partial charge >= 0.3 is 0 Å². The molecule has 1 aromatic carbocycles. The minimum absolute atomic E-state index is 0.0475. The molecule has 0 aliphatic rings. The predicted molar refractivity (Wildman–Crippen MR) is 64.3 cm³/mol. The highest BCUT2D eigenvalue weighted by atomic mass is 35.5. The number of nitro groups is 1. The highest BCUT2D eigenvalue weighted by Gasteiger charge is 2.22. The van der Waals surface area contributed by atoms with Crippen LogP contribution in [-0.2, 0) is 0 Å². The summed E-state index contributed by atoms with van der Waals surface area (Å²) in [5, 5.41) is 32.1. The van der Waals surface area contributed by atoms with E-state index in [-0.39, 0.29) is 22.9 Å². The van der Waals surface area contributed by atoms with Gasteiger partial charge in [-0.2, -0.15) is 0 Å². The zero-order valence-electron chi connectivity index (χ0n) is 9.18. The lowest BCUT2D eigenvalue weighted by Gasteiger charge is -2.21.